The second-order valence-corrected chi connectivity index (χ2v) is 10.4. The first-order valence-corrected chi connectivity index (χ1v) is 12.4. The summed E-state index contributed by atoms with van der Waals surface area (Å²) >= 11 is 0. The summed E-state index contributed by atoms with van der Waals surface area (Å²) in [6, 6.07) is 26.7. The van der Waals surface area contributed by atoms with Gasteiger partial charge in [0.2, 0.25) is 0 Å². The molecule has 0 atom stereocenters. The first-order valence-electron chi connectivity index (χ1n) is 12.4. The van der Waals surface area contributed by atoms with E-state index >= 15 is 0 Å². The number of para-hydroxylation sites is 1. The molecule has 6 rings (SSSR count). The van der Waals surface area contributed by atoms with Crippen molar-refractivity contribution in [3.05, 3.63) is 115 Å². The predicted molar refractivity (Wildman–Crippen MR) is 151 cm³/mol. The third kappa shape index (κ3) is 5.03. The molecule has 3 heterocycles. The molecule has 1 aliphatic rings. The number of nitrogens with zero attached hydrogens (tertiary/aromatic N) is 5. The maximum atomic E-state index is 7.56. The summed E-state index contributed by atoms with van der Waals surface area (Å²) in [4.78, 5) is 12.2. The van der Waals surface area contributed by atoms with Crippen molar-refractivity contribution in [2.24, 2.45) is 0 Å². The van der Waals surface area contributed by atoms with E-state index in [4.69, 9.17) is 16.3 Å². The van der Waals surface area contributed by atoms with Crippen molar-refractivity contribution in [1.82, 2.24) is 14.5 Å². The Kier molecular flexibility index (Phi) is 6.97. The van der Waals surface area contributed by atoms with Gasteiger partial charge in [-0.1, -0.05) is 44.5 Å². The van der Waals surface area contributed by atoms with Crippen molar-refractivity contribution in [2.75, 3.05) is 11.9 Å². The van der Waals surface area contributed by atoms with Gasteiger partial charge in [-0.15, -0.1) is 41.4 Å². The van der Waals surface area contributed by atoms with Crippen LogP contribution in [-0.2, 0) is 26.5 Å². The molecule has 6 nitrogen and oxygen atoms in total. The number of hydrogen-bond donors (Lipinski definition) is 0. The molecule has 1 aliphatic heterocycles. The van der Waals surface area contributed by atoms with E-state index in [0.29, 0.717) is 17.2 Å². The fourth-order valence-electron chi connectivity index (χ4n) is 4.66. The molecule has 7 heteroatoms. The van der Waals surface area contributed by atoms with Crippen LogP contribution in [0.15, 0.2) is 79.3 Å². The van der Waals surface area contributed by atoms with Crippen molar-refractivity contribution < 1.29 is 25.8 Å². The van der Waals surface area contributed by atoms with Crippen LogP contribution in [0.3, 0.4) is 0 Å². The number of hydrogen-bond acceptors (Lipinski definition) is 4. The molecule has 0 N–H and O–H groups in total. The average Bonchev–Trinajstić information content (AvgIpc) is 3.49. The van der Waals surface area contributed by atoms with Crippen LogP contribution in [0.4, 0.5) is 11.4 Å². The van der Waals surface area contributed by atoms with Gasteiger partial charge < -0.3 is 19.1 Å². The first kappa shape index (κ1) is 26.5. The Hall–Kier alpha value is -4.07. The number of anilines is 1. The molecule has 0 saturated heterocycles. The maximum absolute atomic E-state index is 7.56. The second-order valence-electron chi connectivity index (χ2n) is 10.4. The van der Waals surface area contributed by atoms with Crippen LogP contribution >= 0.6 is 0 Å². The van der Waals surface area contributed by atoms with Gasteiger partial charge in [0.25, 0.3) is 0 Å². The van der Waals surface area contributed by atoms with Gasteiger partial charge in [-0.3, -0.25) is 4.85 Å². The Morgan fingerprint density at radius 1 is 0.949 bits per heavy atom. The third-order valence-corrected chi connectivity index (χ3v) is 6.61. The first-order chi connectivity index (χ1) is 18.3. The number of fused-ring (bicyclic) bond motifs is 3. The van der Waals surface area contributed by atoms with E-state index in [2.05, 4.69) is 72.6 Å². The monoisotopic (exact) mass is 691 g/mol. The van der Waals surface area contributed by atoms with Crippen molar-refractivity contribution in [3.63, 3.8) is 0 Å². The van der Waals surface area contributed by atoms with Crippen molar-refractivity contribution in [3.8, 4) is 17.3 Å². The van der Waals surface area contributed by atoms with E-state index in [1.54, 1.807) is 12.1 Å². The van der Waals surface area contributed by atoms with Gasteiger partial charge in [0.15, 0.2) is 0 Å². The summed E-state index contributed by atoms with van der Waals surface area (Å²) < 4.78 is 8.39. The zero-order valence-electron chi connectivity index (χ0n) is 22.0. The molecule has 0 amide bonds. The van der Waals surface area contributed by atoms with Gasteiger partial charge in [0, 0.05) is 44.3 Å². The second kappa shape index (κ2) is 10.2. The SMILES string of the molecule is [C-]#[N+]c1cc(Oc2[c-]c3c(cc2)c2ccccc2n3-c2cc(C(C)(C)C)ccn2)[c-]c(N2C=CN(C)[CH-]2)c1.[Pt]. The molecule has 0 unspecified atom stereocenters. The van der Waals surface area contributed by atoms with E-state index in [1.165, 1.54) is 5.56 Å². The van der Waals surface area contributed by atoms with Crippen molar-refractivity contribution >= 4 is 33.2 Å². The van der Waals surface area contributed by atoms with Gasteiger partial charge in [0.1, 0.15) is 5.82 Å². The third-order valence-electron chi connectivity index (χ3n) is 6.61. The predicted octanol–water partition coefficient (Wildman–Crippen LogP) is 7.76. The molecule has 39 heavy (non-hydrogen) atoms. The summed E-state index contributed by atoms with van der Waals surface area (Å²) in [5.74, 6) is 1.83. The van der Waals surface area contributed by atoms with Crippen molar-refractivity contribution in [2.45, 2.75) is 26.2 Å². The minimum atomic E-state index is -0.00728. The van der Waals surface area contributed by atoms with Crippen LogP contribution in [0, 0.1) is 25.4 Å². The molecule has 2 aromatic heterocycles. The topological polar surface area (TPSA) is 37.9 Å². The Bertz CT molecular complexity index is 1760. The minimum Gasteiger partial charge on any atom is -0.510 e. The molecule has 0 saturated carbocycles. The Balaban J connectivity index is 0.00000308. The Morgan fingerprint density at radius 3 is 2.51 bits per heavy atom. The molecule has 5 aromatic rings. The molecule has 0 radical (unpaired) electrons. The quantitative estimate of drug-likeness (QED) is 0.181. The van der Waals surface area contributed by atoms with Crippen molar-refractivity contribution in [1.29, 1.82) is 0 Å². The van der Waals surface area contributed by atoms with Gasteiger partial charge in [0.05, 0.1) is 12.3 Å². The van der Waals surface area contributed by atoms with E-state index in [9.17, 15) is 0 Å². The van der Waals surface area contributed by atoms with Crippen LogP contribution < -0.4 is 9.64 Å². The fourth-order valence-corrected chi connectivity index (χ4v) is 4.66. The van der Waals surface area contributed by atoms with Crippen LogP contribution in [0.2, 0.25) is 0 Å². The number of aromatic nitrogens is 2. The average molecular weight is 692 g/mol. The number of rotatable bonds is 4. The number of pyridine rings is 1. The maximum Gasteiger partial charge on any atom is 0.135 e. The van der Waals surface area contributed by atoms with E-state index < -0.39 is 0 Å². The largest absolute Gasteiger partial charge is 0.510 e. The smallest absolute Gasteiger partial charge is 0.135 e. The molecule has 0 bridgehead atoms. The summed E-state index contributed by atoms with van der Waals surface area (Å²) in [5.41, 5.74) is 4.33. The summed E-state index contributed by atoms with van der Waals surface area (Å²) in [7, 11) is 1.95. The molecular formula is C32H26N5OPt-3. The zero-order valence-corrected chi connectivity index (χ0v) is 24.3. The molecule has 0 aliphatic carbocycles. The van der Waals surface area contributed by atoms with E-state index in [0.717, 1.165) is 33.3 Å². The van der Waals surface area contributed by atoms with Gasteiger partial charge in [-0.05, 0) is 54.0 Å². The summed E-state index contributed by atoms with van der Waals surface area (Å²) in [6.07, 6.45) is 5.71. The Labute approximate surface area is 243 Å². The zero-order chi connectivity index (χ0) is 26.4. The molecule has 198 valence electrons. The number of benzene rings is 3. The van der Waals surface area contributed by atoms with Gasteiger partial charge >= 0.3 is 0 Å². The van der Waals surface area contributed by atoms with E-state index in [-0.39, 0.29) is 26.5 Å². The standard InChI is InChI=1S/C32H26N5O.Pt/c1-32(2,3)22-12-13-34-31(16-22)37-29-9-7-6-8-27(29)28-11-10-25(20-30(28)37)38-26-18-23(33-4)17-24(19-26)36-15-14-35(5)21-36;/h6-18,21H,1-3,5H3;/q-3;. The molecule has 0 fully saturated rings. The molecular weight excluding hydrogens is 665 g/mol. The summed E-state index contributed by atoms with van der Waals surface area (Å²) in [6.45, 7) is 16.1. The minimum absolute atomic E-state index is 0. The van der Waals surface area contributed by atoms with Gasteiger partial charge in [-0.25, -0.2) is 4.98 Å². The number of ether oxygens (including phenoxy) is 1. The fraction of sp³-hybridized carbons (Fsp3) is 0.156. The summed E-state index contributed by atoms with van der Waals surface area (Å²) in [5, 5.41) is 2.19. The normalized spacial score (nSPS) is 13.1. The Morgan fingerprint density at radius 2 is 1.77 bits per heavy atom. The van der Waals surface area contributed by atoms with Crippen LogP contribution in [0.25, 0.3) is 32.5 Å². The van der Waals surface area contributed by atoms with Crippen LogP contribution in [0.1, 0.15) is 26.3 Å². The van der Waals surface area contributed by atoms with E-state index in [1.807, 2.05) is 60.3 Å². The molecule has 0 spiro atoms. The molecule has 3 aromatic carbocycles. The van der Waals surface area contributed by atoms with Crippen LogP contribution in [-0.4, -0.2) is 21.5 Å². The van der Waals surface area contributed by atoms with Gasteiger partial charge in [-0.2, -0.15) is 12.7 Å². The van der Waals surface area contributed by atoms with Crippen LogP contribution in [0.5, 0.6) is 11.5 Å².